The van der Waals surface area contributed by atoms with E-state index in [2.05, 4.69) is 32.7 Å². The topological polar surface area (TPSA) is 38.9 Å². The van der Waals surface area contributed by atoms with Crippen molar-refractivity contribution in [1.29, 1.82) is 0 Å². The van der Waals surface area contributed by atoms with Gasteiger partial charge in [0.25, 0.3) is 0 Å². The van der Waals surface area contributed by atoms with Gasteiger partial charge < -0.3 is 5.73 Å². The minimum atomic E-state index is 0.328. The highest BCUT2D eigenvalue weighted by molar-refractivity contribution is 7.11. The molecule has 1 heterocycles. The average Bonchev–Trinajstić information content (AvgIpc) is 2.42. The second-order valence-corrected chi connectivity index (χ2v) is 5.97. The van der Waals surface area contributed by atoms with Gasteiger partial charge >= 0.3 is 0 Å². The van der Waals surface area contributed by atoms with Gasteiger partial charge in [-0.1, -0.05) is 13.8 Å². The number of hydrogen-bond donors (Lipinski definition) is 1. The highest BCUT2D eigenvalue weighted by atomic mass is 32.1. The molecule has 1 aromatic rings. The summed E-state index contributed by atoms with van der Waals surface area (Å²) in [6, 6.07) is 0.328. The Labute approximate surface area is 96.9 Å². The first-order chi connectivity index (χ1) is 6.99. The third-order valence-electron chi connectivity index (χ3n) is 2.58. The average molecular weight is 226 g/mol. The van der Waals surface area contributed by atoms with E-state index in [1.165, 1.54) is 15.6 Å². The molecule has 15 heavy (non-hydrogen) atoms. The van der Waals surface area contributed by atoms with E-state index in [4.69, 9.17) is 5.73 Å². The Kier molecular flexibility index (Phi) is 4.74. The molecule has 3 heteroatoms. The molecule has 0 aromatic carbocycles. The molecule has 86 valence electrons. The van der Waals surface area contributed by atoms with Crippen LogP contribution in [0.4, 0.5) is 0 Å². The Morgan fingerprint density at radius 1 is 1.33 bits per heavy atom. The summed E-state index contributed by atoms with van der Waals surface area (Å²) in [5.74, 6) is 0.694. The summed E-state index contributed by atoms with van der Waals surface area (Å²) in [6.45, 7) is 8.64. The summed E-state index contributed by atoms with van der Waals surface area (Å²) in [5.41, 5.74) is 7.22. The number of nitrogens with two attached hydrogens (primary N) is 1. The zero-order chi connectivity index (χ0) is 11.4. The van der Waals surface area contributed by atoms with E-state index < -0.39 is 0 Å². The first kappa shape index (κ1) is 12.7. The number of hydrogen-bond acceptors (Lipinski definition) is 3. The lowest BCUT2D eigenvalue weighted by Crippen LogP contribution is -2.22. The van der Waals surface area contributed by atoms with Crippen molar-refractivity contribution in [3.63, 3.8) is 0 Å². The lowest BCUT2D eigenvalue weighted by molar-refractivity contribution is 0.473. The lowest BCUT2D eigenvalue weighted by atomic mass is 10.0. The summed E-state index contributed by atoms with van der Waals surface area (Å²) in [6.07, 6.45) is 3.21. The van der Waals surface area contributed by atoms with Crippen molar-refractivity contribution in [3.05, 3.63) is 15.6 Å². The first-order valence-corrected chi connectivity index (χ1v) is 6.49. The maximum absolute atomic E-state index is 6.04. The molecule has 0 spiro atoms. The van der Waals surface area contributed by atoms with Crippen LogP contribution in [0.1, 0.15) is 42.3 Å². The molecular weight excluding hydrogens is 204 g/mol. The smallest absolute Gasteiger partial charge is 0.0931 e. The van der Waals surface area contributed by atoms with Crippen LogP contribution in [0.3, 0.4) is 0 Å². The minimum Gasteiger partial charge on any atom is -0.328 e. The van der Waals surface area contributed by atoms with Crippen LogP contribution in [0.5, 0.6) is 0 Å². The van der Waals surface area contributed by atoms with Gasteiger partial charge in [-0.15, -0.1) is 11.3 Å². The van der Waals surface area contributed by atoms with E-state index in [1.807, 2.05) is 11.3 Å². The molecule has 0 aliphatic heterocycles. The Balaban J connectivity index is 2.36. The molecule has 1 unspecified atom stereocenters. The molecular formula is C12H22N2S. The van der Waals surface area contributed by atoms with Gasteiger partial charge in [0, 0.05) is 17.3 Å². The summed E-state index contributed by atoms with van der Waals surface area (Å²) in [7, 11) is 0. The van der Waals surface area contributed by atoms with Crippen molar-refractivity contribution in [2.75, 3.05) is 0 Å². The second-order valence-electron chi connectivity index (χ2n) is 4.68. The fraction of sp³-hybridized carbons (Fsp3) is 0.750. The largest absolute Gasteiger partial charge is 0.328 e. The van der Waals surface area contributed by atoms with Gasteiger partial charge in [0.2, 0.25) is 0 Å². The van der Waals surface area contributed by atoms with Gasteiger partial charge in [0.05, 0.1) is 10.7 Å². The maximum Gasteiger partial charge on any atom is 0.0931 e. The number of aromatic nitrogens is 1. The van der Waals surface area contributed by atoms with Gasteiger partial charge in [-0.2, -0.15) is 0 Å². The molecule has 0 aliphatic rings. The zero-order valence-corrected chi connectivity index (χ0v) is 11.0. The summed E-state index contributed by atoms with van der Waals surface area (Å²) in [4.78, 5) is 5.86. The minimum absolute atomic E-state index is 0.328. The Morgan fingerprint density at radius 3 is 2.47 bits per heavy atom. The maximum atomic E-state index is 6.04. The van der Waals surface area contributed by atoms with E-state index in [0.29, 0.717) is 12.0 Å². The Morgan fingerprint density at radius 2 is 2.00 bits per heavy atom. The molecule has 0 saturated heterocycles. The summed E-state index contributed by atoms with van der Waals surface area (Å²) < 4.78 is 0. The molecule has 2 N–H and O–H groups in total. The Bertz CT molecular complexity index is 285. The number of thiazole rings is 1. The van der Waals surface area contributed by atoms with Crippen LogP contribution in [0.25, 0.3) is 0 Å². The number of rotatable bonds is 5. The molecule has 0 aliphatic carbocycles. The molecule has 1 rings (SSSR count). The van der Waals surface area contributed by atoms with Gasteiger partial charge in [-0.05, 0) is 32.6 Å². The molecule has 2 nitrogen and oxygen atoms in total. The van der Waals surface area contributed by atoms with Gasteiger partial charge in [-0.3, -0.25) is 0 Å². The quantitative estimate of drug-likeness (QED) is 0.838. The van der Waals surface area contributed by atoms with Crippen LogP contribution < -0.4 is 5.73 Å². The van der Waals surface area contributed by atoms with E-state index in [-0.39, 0.29) is 0 Å². The van der Waals surface area contributed by atoms with Crippen LogP contribution in [-0.2, 0) is 6.42 Å². The van der Waals surface area contributed by atoms with Crippen molar-refractivity contribution in [2.24, 2.45) is 11.7 Å². The van der Waals surface area contributed by atoms with E-state index >= 15 is 0 Å². The third-order valence-corrected chi connectivity index (χ3v) is 3.71. The Hall–Kier alpha value is -0.410. The van der Waals surface area contributed by atoms with Gasteiger partial charge in [0.15, 0.2) is 0 Å². The number of nitrogens with zero attached hydrogens (tertiary/aromatic N) is 1. The zero-order valence-electron chi connectivity index (χ0n) is 10.2. The summed E-state index contributed by atoms with van der Waals surface area (Å²) >= 11 is 1.81. The van der Waals surface area contributed by atoms with Crippen LogP contribution in [0, 0.1) is 19.8 Å². The SMILES string of the molecule is Cc1nc(CCC(N)CC(C)C)sc1C. The normalized spacial score (nSPS) is 13.5. The van der Waals surface area contributed by atoms with E-state index in [9.17, 15) is 0 Å². The monoisotopic (exact) mass is 226 g/mol. The predicted molar refractivity (Wildman–Crippen MR) is 67.3 cm³/mol. The molecule has 0 bridgehead atoms. The summed E-state index contributed by atoms with van der Waals surface area (Å²) in [5, 5.41) is 1.24. The van der Waals surface area contributed by atoms with Crippen molar-refractivity contribution in [1.82, 2.24) is 4.98 Å². The fourth-order valence-electron chi connectivity index (χ4n) is 1.68. The van der Waals surface area contributed by atoms with Crippen molar-refractivity contribution in [3.8, 4) is 0 Å². The lowest BCUT2D eigenvalue weighted by Gasteiger charge is -2.12. The molecule has 1 aromatic heterocycles. The van der Waals surface area contributed by atoms with E-state index in [1.54, 1.807) is 0 Å². The van der Waals surface area contributed by atoms with Crippen molar-refractivity contribution >= 4 is 11.3 Å². The molecule has 0 saturated carbocycles. The van der Waals surface area contributed by atoms with Gasteiger partial charge in [-0.25, -0.2) is 4.98 Å². The van der Waals surface area contributed by atoms with Crippen LogP contribution in [0.2, 0.25) is 0 Å². The molecule has 0 fully saturated rings. The fourth-order valence-corrected chi connectivity index (χ4v) is 2.63. The highest BCUT2D eigenvalue weighted by Gasteiger charge is 2.08. The van der Waals surface area contributed by atoms with E-state index in [0.717, 1.165) is 19.3 Å². The van der Waals surface area contributed by atoms with Crippen LogP contribution in [0.15, 0.2) is 0 Å². The number of aryl methyl sites for hydroxylation is 3. The molecule has 0 radical (unpaired) electrons. The second kappa shape index (κ2) is 5.61. The predicted octanol–water partition coefficient (Wildman–Crippen LogP) is 3.07. The van der Waals surface area contributed by atoms with Crippen molar-refractivity contribution in [2.45, 2.75) is 53.0 Å². The van der Waals surface area contributed by atoms with Gasteiger partial charge in [0.1, 0.15) is 0 Å². The molecule has 1 atom stereocenters. The first-order valence-electron chi connectivity index (χ1n) is 5.67. The highest BCUT2D eigenvalue weighted by Crippen LogP contribution is 2.18. The molecule has 0 amide bonds. The van der Waals surface area contributed by atoms with Crippen LogP contribution >= 0.6 is 11.3 Å². The van der Waals surface area contributed by atoms with Crippen molar-refractivity contribution < 1.29 is 0 Å². The third kappa shape index (κ3) is 4.31. The standard InChI is InChI=1S/C12H22N2S/c1-8(2)7-11(13)5-6-12-14-9(3)10(4)15-12/h8,11H,5-7,13H2,1-4H3. The van der Waals surface area contributed by atoms with Crippen LogP contribution in [-0.4, -0.2) is 11.0 Å².